The lowest BCUT2D eigenvalue weighted by Crippen LogP contribution is -2.74. The summed E-state index contributed by atoms with van der Waals surface area (Å²) in [5, 5.41) is 52.8. The molecular formula is C11H24N2O5. The van der Waals surface area contributed by atoms with Crippen molar-refractivity contribution in [1.82, 2.24) is 10.6 Å². The molecule has 4 unspecified atom stereocenters. The highest BCUT2D eigenvalue weighted by atomic mass is 16.3. The molecule has 0 aromatic carbocycles. The largest absolute Gasteiger partial charge is 0.395 e. The van der Waals surface area contributed by atoms with E-state index in [1.54, 1.807) is 0 Å². The van der Waals surface area contributed by atoms with E-state index in [0.29, 0.717) is 0 Å². The summed E-state index contributed by atoms with van der Waals surface area (Å²) in [5.41, 5.74) is -1.53. The van der Waals surface area contributed by atoms with E-state index in [0.717, 1.165) is 0 Å². The van der Waals surface area contributed by atoms with Crippen LogP contribution in [0, 0.1) is 0 Å². The summed E-state index contributed by atoms with van der Waals surface area (Å²) in [4.78, 5) is 0. The molecule has 7 nitrogen and oxygen atoms in total. The van der Waals surface area contributed by atoms with Gasteiger partial charge in [-0.25, -0.2) is 0 Å². The van der Waals surface area contributed by atoms with Crippen LogP contribution >= 0.6 is 0 Å². The van der Waals surface area contributed by atoms with E-state index in [9.17, 15) is 15.3 Å². The first-order valence-corrected chi connectivity index (χ1v) is 5.83. The molecule has 0 rings (SSSR count). The van der Waals surface area contributed by atoms with Crippen molar-refractivity contribution in [1.29, 1.82) is 0 Å². The van der Waals surface area contributed by atoms with E-state index < -0.39 is 30.6 Å². The third kappa shape index (κ3) is 4.29. The number of aliphatic hydroxyl groups excluding tert-OH is 5. The van der Waals surface area contributed by atoms with Gasteiger partial charge < -0.3 is 25.5 Å². The van der Waals surface area contributed by atoms with Gasteiger partial charge in [-0.15, -0.1) is 6.58 Å². The average Bonchev–Trinajstić information content (AvgIpc) is 2.37. The zero-order valence-corrected chi connectivity index (χ0v) is 10.6. The van der Waals surface area contributed by atoms with Crippen LogP contribution in [0.5, 0.6) is 0 Å². The molecule has 0 fully saturated rings. The van der Waals surface area contributed by atoms with Gasteiger partial charge in [0, 0.05) is 13.1 Å². The second-order valence-corrected chi connectivity index (χ2v) is 4.07. The molecule has 7 N–H and O–H groups in total. The molecular weight excluding hydrogens is 240 g/mol. The van der Waals surface area contributed by atoms with Crippen LogP contribution in [0.25, 0.3) is 0 Å². The molecule has 7 heteroatoms. The van der Waals surface area contributed by atoms with Crippen molar-refractivity contribution in [3.8, 4) is 0 Å². The van der Waals surface area contributed by atoms with Gasteiger partial charge >= 0.3 is 0 Å². The van der Waals surface area contributed by atoms with Gasteiger partial charge in [-0.05, 0) is 6.92 Å². The molecule has 108 valence electrons. The minimum Gasteiger partial charge on any atom is -0.395 e. The molecule has 0 aliphatic heterocycles. The van der Waals surface area contributed by atoms with Crippen LogP contribution in [0.15, 0.2) is 12.7 Å². The Hall–Kier alpha value is -0.540. The first-order valence-electron chi connectivity index (χ1n) is 5.83. The molecule has 18 heavy (non-hydrogen) atoms. The van der Waals surface area contributed by atoms with E-state index in [-0.39, 0.29) is 19.7 Å². The van der Waals surface area contributed by atoms with Gasteiger partial charge in [-0.2, -0.15) is 0 Å². The minimum atomic E-state index is -1.53. The first kappa shape index (κ1) is 17.5. The monoisotopic (exact) mass is 264 g/mol. The van der Waals surface area contributed by atoms with Crippen molar-refractivity contribution >= 4 is 0 Å². The number of aliphatic hydroxyl groups is 5. The fraction of sp³-hybridized carbons (Fsp3) is 0.818. The molecule has 0 bridgehead atoms. The Kier molecular flexibility index (Phi) is 8.29. The van der Waals surface area contributed by atoms with Crippen molar-refractivity contribution in [2.45, 2.75) is 30.9 Å². The van der Waals surface area contributed by atoms with Gasteiger partial charge in [0.2, 0.25) is 0 Å². The van der Waals surface area contributed by atoms with Crippen LogP contribution in [0.3, 0.4) is 0 Å². The summed E-state index contributed by atoms with van der Waals surface area (Å²) >= 11 is 0. The number of hydrogen-bond donors (Lipinski definition) is 7. The van der Waals surface area contributed by atoms with Crippen LogP contribution in [0.4, 0.5) is 0 Å². The number of hydrogen-bond acceptors (Lipinski definition) is 7. The summed E-state index contributed by atoms with van der Waals surface area (Å²) in [7, 11) is 0. The lowest BCUT2D eigenvalue weighted by atomic mass is 9.92. The molecule has 0 saturated carbocycles. The van der Waals surface area contributed by atoms with E-state index in [4.69, 9.17) is 10.2 Å². The molecule has 0 aliphatic rings. The standard InChI is InChI=1S/C11H24N2O5/c1-3-4-12-11(9(17)7-15,13-5-6-14)10(18)8(2)16/h3,8-10,12-18H,1,4-7H2,2H3. The van der Waals surface area contributed by atoms with Crippen LogP contribution in [-0.4, -0.2) is 75.8 Å². The van der Waals surface area contributed by atoms with Crippen LogP contribution in [-0.2, 0) is 0 Å². The number of nitrogens with one attached hydrogen (secondary N) is 2. The smallest absolute Gasteiger partial charge is 0.127 e. The van der Waals surface area contributed by atoms with Gasteiger partial charge in [0.1, 0.15) is 17.9 Å². The molecule has 0 aromatic rings. The Morgan fingerprint density at radius 3 is 2.22 bits per heavy atom. The quantitative estimate of drug-likeness (QED) is 0.167. The summed E-state index contributed by atoms with van der Waals surface area (Å²) < 4.78 is 0. The van der Waals surface area contributed by atoms with Gasteiger partial charge in [-0.3, -0.25) is 10.6 Å². The van der Waals surface area contributed by atoms with Gasteiger partial charge in [0.25, 0.3) is 0 Å². The maximum Gasteiger partial charge on any atom is 0.127 e. The average molecular weight is 264 g/mol. The topological polar surface area (TPSA) is 125 Å². The lowest BCUT2D eigenvalue weighted by Gasteiger charge is -2.43. The molecule has 0 heterocycles. The maximum absolute atomic E-state index is 10.0. The van der Waals surface area contributed by atoms with E-state index in [1.165, 1.54) is 13.0 Å². The van der Waals surface area contributed by atoms with Crippen molar-refractivity contribution < 1.29 is 25.5 Å². The summed E-state index contributed by atoms with van der Waals surface area (Å²) in [6.45, 7) is 4.34. The van der Waals surface area contributed by atoms with Crippen molar-refractivity contribution in [3.63, 3.8) is 0 Å². The Morgan fingerprint density at radius 1 is 1.22 bits per heavy atom. The van der Waals surface area contributed by atoms with Crippen LogP contribution in [0.2, 0.25) is 0 Å². The SMILES string of the molecule is C=CCNC(NCCO)(C(O)CO)C(O)C(C)O. The molecule has 0 spiro atoms. The molecule has 0 amide bonds. The molecule has 0 aliphatic carbocycles. The van der Waals surface area contributed by atoms with E-state index in [2.05, 4.69) is 17.2 Å². The van der Waals surface area contributed by atoms with E-state index in [1.807, 2.05) is 0 Å². The first-order chi connectivity index (χ1) is 8.46. The highest BCUT2D eigenvalue weighted by Gasteiger charge is 2.45. The maximum atomic E-state index is 10.0. The van der Waals surface area contributed by atoms with Gasteiger partial charge in [-0.1, -0.05) is 6.08 Å². The van der Waals surface area contributed by atoms with Crippen molar-refractivity contribution in [2.75, 3.05) is 26.3 Å². The Balaban J connectivity index is 5.15. The van der Waals surface area contributed by atoms with Crippen molar-refractivity contribution in [2.24, 2.45) is 0 Å². The fourth-order valence-electron chi connectivity index (χ4n) is 1.73. The zero-order valence-electron chi connectivity index (χ0n) is 10.6. The van der Waals surface area contributed by atoms with E-state index >= 15 is 0 Å². The third-order valence-electron chi connectivity index (χ3n) is 2.69. The summed E-state index contributed by atoms with van der Waals surface area (Å²) in [6.07, 6.45) is -2.39. The summed E-state index contributed by atoms with van der Waals surface area (Å²) in [6, 6.07) is 0. The number of rotatable bonds is 10. The van der Waals surface area contributed by atoms with Crippen LogP contribution < -0.4 is 10.6 Å². The summed E-state index contributed by atoms with van der Waals surface area (Å²) in [5.74, 6) is 0. The second kappa shape index (κ2) is 8.54. The third-order valence-corrected chi connectivity index (χ3v) is 2.69. The predicted octanol–water partition coefficient (Wildman–Crippen LogP) is -2.86. The zero-order chi connectivity index (χ0) is 14.2. The highest BCUT2D eigenvalue weighted by molar-refractivity contribution is 5.01. The highest BCUT2D eigenvalue weighted by Crippen LogP contribution is 2.16. The predicted molar refractivity (Wildman–Crippen MR) is 66.8 cm³/mol. The minimum absolute atomic E-state index is 0.0744. The molecule has 0 aromatic heterocycles. The Morgan fingerprint density at radius 2 is 1.83 bits per heavy atom. The Labute approximate surface area is 107 Å². The van der Waals surface area contributed by atoms with Gasteiger partial charge in [0.15, 0.2) is 0 Å². The normalized spacial score (nSPS) is 19.9. The van der Waals surface area contributed by atoms with Crippen molar-refractivity contribution in [3.05, 3.63) is 12.7 Å². The molecule has 0 saturated heterocycles. The van der Waals surface area contributed by atoms with Crippen LogP contribution in [0.1, 0.15) is 6.92 Å². The second-order valence-electron chi connectivity index (χ2n) is 4.07. The Bertz CT molecular complexity index is 239. The fourth-order valence-corrected chi connectivity index (χ4v) is 1.73. The van der Waals surface area contributed by atoms with Gasteiger partial charge in [0.05, 0.1) is 19.3 Å². The molecule has 0 radical (unpaired) electrons. The molecule has 4 atom stereocenters. The lowest BCUT2D eigenvalue weighted by molar-refractivity contribution is -0.110.